The number of furan rings is 1. The number of fused-ring (bicyclic) bond motifs is 3. The topological polar surface area (TPSA) is 75.6 Å². The average Bonchev–Trinajstić information content (AvgIpc) is 3.78. The van der Waals surface area contributed by atoms with E-state index in [1.54, 1.807) is 50.2 Å². The van der Waals surface area contributed by atoms with Crippen molar-refractivity contribution in [3.63, 3.8) is 0 Å². The number of nitriles is 1. The first-order valence-corrected chi connectivity index (χ1v) is 24.6. The summed E-state index contributed by atoms with van der Waals surface area (Å²) in [4.78, 5) is 14.6. The summed E-state index contributed by atoms with van der Waals surface area (Å²) in [6.07, 6.45) is 0.633. The average molecular weight is 942 g/mol. The van der Waals surface area contributed by atoms with Crippen molar-refractivity contribution in [3.05, 3.63) is 207 Å². The first kappa shape index (κ1) is 38.6. The van der Waals surface area contributed by atoms with Gasteiger partial charge in [-0.25, -0.2) is 0 Å². The number of hydrogen-bond acceptors (Lipinski definition) is 5. The predicted molar refractivity (Wildman–Crippen MR) is 295 cm³/mol. The van der Waals surface area contributed by atoms with Gasteiger partial charge < -0.3 is 4.42 Å². The van der Waals surface area contributed by atoms with Crippen LogP contribution in [0, 0.1) is 18.2 Å². The summed E-state index contributed by atoms with van der Waals surface area (Å²) in [5, 5.41) is 10.7. The van der Waals surface area contributed by atoms with E-state index in [-0.39, 0.29) is 50.7 Å². The van der Waals surface area contributed by atoms with Crippen molar-refractivity contribution >= 4 is 21.9 Å². The summed E-state index contributed by atoms with van der Waals surface area (Å²) in [6, 6.07) is 40.7. The number of rotatable bonds is 15. The van der Waals surface area contributed by atoms with Crippen molar-refractivity contribution in [2.75, 3.05) is 0 Å². The molecule has 5 heteroatoms. The highest BCUT2D eigenvalue weighted by atomic mass is 16.3. The van der Waals surface area contributed by atoms with Crippen LogP contribution in [0.4, 0.5) is 0 Å². The second-order valence-electron chi connectivity index (χ2n) is 21.1. The lowest BCUT2D eigenvalue weighted by Crippen LogP contribution is -2.23. The molecular weight excluding hydrogens is 865 g/mol. The lowest BCUT2D eigenvalue weighted by atomic mass is 9.77. The molecule has 5 aromatic carbocycles. The minimum absolute atomic E-state index is 0.0499. The summed E-state index contributed by atoms with van der Waals surface area (Å²) < 4.78 is 88.8. The van der Waals surface area contributed by atoms with Gasteiger partial charge in [0.2, 0.25) is 0 Å². The number of pyridine rings is 3. The third-order valence-corrected chi connectivity index (χ3v) is 13.9. The Labute approximate surface area is 434 Å². The van der Waals surface area contributed by atoms with Crippen LogP contribution in [-0.4, -0.2) is 15.0 Å². The van der Waals surface area contributed by atoms with Crippen molar-refractivity contribution in [3.8, 4) is 39.8 Å². The Balaban J connectivity index is 1.11. The lowest BCUT2D eigenvalue weighted by molar-refractivity contribution is 0.512. The quantitative estimate of drug-likeness (QED) is 0.102. The minimum Gasteiger partial charge on any atom is -0.455 e. The second kappa shape index (κ2) is 19.9. The molecular formula is C66H68N4O. The zero-order chi connectivity index (χ0) is 58.1. The monoisotopic (exact) mass is 942 g/mol. The first-order chi connectivity index (χ1) is 37.4. The summed E-state index contributed by atoms with van der Waals surface area (Å²) in [6.45, 7) is 17.7. The number of aromatic nitrogens is 3. The fourth-order valence-electron chi connectivity index (χ4n) is 9.61. The van der Waals surface area contributed by atoms with Gasteiger partial charge in [-0.2, -0.15) is 5.26 Å². The van der Waals surface area contributed by atoms with Crippen LogP contribution in [0.25, 0.3) is 55.7 Å². The van der Waals surface area contributed by atoms with E-state index < -0.39 is 36.3 Å². The van der Waals surface area contributed by atoms with E-state index in [1.165, 1.54) is 23.4 Å². The van der Waals surface area contributed by atoms with Crippen molar-refractivity contribution in [2.24, 2.45) is 0 Å². The zero-order valence-electron chi connectivity index (χ0n) is 51.5. The number of nitrogens with zero attached hydrogens (tertiary/aromatic N) is 4. The number of benzene rings is 5. The molecule has 0 fully saturated rings. The molecule has 0 spiro atoms. The van der Waals surface area contributed by atoms with Gasteiger partial charge in [0.15, 0.2) is 0 Å². The van der Waals surface area contributed by atoms with E-state index in [1.807, 2.05) is 30.6 Å². The number of aryl methyl sites for hydroxylation is 3. The molecule has 4 heterocycles. The Bertz CT molecular complexity index is 3680. The molecule has 9 aromatic rings. The molecule has 5 nitrogen and oxygen atoms in total. The van der Waals surface area contributed by atoms with Crippen LogP contribution in [0.2, 0.25) is 0 Å². The number of hydrogen-bond donors (Lipinski definition) is 0. The SMILES string of the molecule is [2H]c1cc2c(oc3c(-c4cc(C([2H])(C)C)c(C([2H])([2H])C([2H])([2H])c5cc(CC(C)(C)c6ccc(-c7ccc(C(C)C)cc7)nc6)cc(CC(C)(C)c6ccc(-c7ccc(C(C)C)cc7)nc6)c5)cn4)cccc32)c(C([2H])([2H])[2H])c1C#N. The van der Waals surface area contributed by atoms with Crippen molar-refractivity contribution in [1.29, 1.82) is 5.26 Å². The third-order valence-electron chi connectivity index (χ3n) is 13.9. The van der Waals surface area contributed by atoms with Crippen LogP contribution >= 0.6 is 0 Å². The van der Waals surface area contributed by atoms with Crippen molar-refractivity contribution in [2.45, 2.75) is 130 Å². The first-order valence-electron chi connectivity index (χ1n) is 29.1. The van der Waals surface area contributed by atoms with Gasteiger partial charge in [0.25, 0.3) is 0 Å². The maximum absolute atomic E-state index is 9.97. The third kappa shape index (κ3) is 10.4. The maximum Gasteiger partial charge on any atom is 0.144 e. The van der Waals surface area contributed by atoms with Gasteiger partial charge in [-0.1, -0.05) is 160 Å². The fourth-order valence-corrected chi connectivity index (χ4v) is 9.61. The van der Waals surface area contributed by atoms with Gasteiger partial charge in [-0.3, -0.25) is 15.0 Å². The Morgan fingerprint density at radius 3 is 1.65 bits per heavy atom. The van der Waals surface area contributed by atoms with E-state index in [4.69, 9.17) is 24.9 Å². The maximum atomic E-state index is 9.97. The van der Waals surface area contributed by atoms with Crippen LogP contribution in [0.1, 0.15) is 161 Å². The van der Waals surface area contributed by atoms with E-state index in [0.29, 0.717) is 41.0 Å². The van der Waals surface area contributed by atoms with Crippen LogP contribution in [-0.2, 0) is 36.4 Å². The normalized spacial score (nSPS) is 14.8. The lowest BCUT2D eigenvalue weighted by Gasteiger charge is -2.28. The largest absolute Gasteiger partial charge is 0.455 e. The summed E-state index contributed by atoms with van der Waals surface area (Å²) >= 11 is 0. The Morgan fingerprint density at radius 2 is 1.15 bits per heavy atom. The van der Waals surface area contributed by atoms with Crippen molar-refractivity contribution in [1.82, 2.24) is 15.0 Å². The summed E-state index contributed by atoms with van der Waals surface area (Å²) in [5.74, 6) is -0.640. The molecule has 4 aromatic heterocycles. The van der Waals surface area contributed by atoms with Gasteiger partial charge in [-0.05, 0) is 147 Å². The van der Waals surface area contributed by atoms with Gasteiger partial charge in [0, 0.05) is 62.6 Å². The molecule has 0 saturated heterocycles. The molecule has 0 aliphatic heterocycles. The molecule has 0 aliphatic rings. The van der Waals surface area contributed by atoms with Gasteiger partial charge >= 0.3 is 0 Å². The molecule has 358 valence electrons. The number of para-hydroxylation sites is 1. The van der Waals surface area contributed by atoms with E-state index in [2.05, 4.69) is 122 Å². The molecule has 0 aliphatic carbocycles. The standard InChI is InChI=1S/C66H68N4O/c1-41(2)48-17-21-50(22-18-48)60-29-26-54(39-69-60)65(8,9)35-46-31-45(32-47(33-46)36-66(10,11)55-27-30-61(70-40-55)51-23-19-49(20-24-51)42(3)4)15-16-53-38-68-62(34-59(53)43(5)6)58-14-12-13-56-57-28-25-52(37-67)44(7)63(57)71-64(56)58/h12-14,17-34,38-43H,15-16,35-36H2,1-11H3/i7D3,15D2,16D2,25D,43D. The molecule has 0 amide bonds. The van der Waals surface area contributed by atoms with E-state index in [0.717, 1.165) is 44.8 Å². The van der Waals surface area contributed by atoms with Gasteiger partial charge in [0.1, 0.15) is 11.2 Å². The highest BCUT2D eigenvalue weighted by molar-refractivity contribution is 6.10. The highest BCUT2D eigenvalue weighted by Gasteiger charge is 2.26. The molecule has 0 saturated carbocycles. The highest BCUT2D eigenvalue weighted by Crippen LogP contribution is 2.39. The second-order valence-corrected chi connectivity index (χ2v) is 21.1. The summed E-state index contributed by atoms with van der Waals surface area (Å²) in [5.41, 5.74) is 9.35. The Hall–Kier alpha value is -7.16. The molecule has 0 N–H and O–H groups in total. The van der Waals surface area contributed by atoms with Crippen LogP contribution in [0.5, 0.6) is 0 Å². The zero-order valence-corrected chi connectivity index (χ0v) is 42.5. The van der Waals surface area contributed by atoms with Crippen LogP contribution in [0.15, 0.2) is 150 Å². The van der Waals surface area contributed by atoms with Gasteiger partial charge in [0.05, 0.1) is 30.1 Å². The van der Waals surface area contributed by atoms with Gasteiger partial charge in [-0.15, -0.1) is 0 Å². The molecule has 0 radical (unpaired) electrons. The Morgan fingerprint density at radius 1 is 0.620 bits per heavy atom. The predicted octanol–water partition coefficient (Wildman–Crippen LogP) is 17.1. The minimum atomic E-state index is -2.77. The van der Waals surface area contributed by atoms with E-state index in [9.17, 15) is 12.1 Å². The smallest absolute Gasteiger partial charge is 0.144 e. The van der Waals surface area contributed by atoms with Crippen LogP contribution < -0.4 is 0 Å². The van der Waals surface area contributed by atoms with Crippen molar-refractivity contribution < 1.29 is 16.8 Å². The molecule has 0 unspecified atom stereocenters. The van der Waals surface area contributed by atoms with E-state index >= 15 is 0 Å². The van der Waals surface area contributed by atoms with Crippen LogP contribution in [0.3, 0.4) is 0 Å². The molecule has 71 heavy (non-hydrogen) atoms. The Kier molecular flexibility index (Phi) is 10.8. The molecule has 9 rings (SSSR count). The molecule has 0 atom stereocenters. The fraction of sp³-hybridized carbons (Fsp3) is 0.303. The molecule has 0 bridgehead atoms. The summed E-state index contributed by atoms with van der Waals surface area (Å²) in [7, 11) is 0.